The second-order valence-electron chi connectivity index (χ2n) is 3.39. The van der Waals surface area contributed by atoms with Gasteiger partial charge in [-0.2, -0.15) is 0 Å². The van der Waals surface area contributed by atoms with Crippen LogP contribution in [-0.4, -0.2) is 5.78 Å². The van der Waals surface area contributed by atoms with Gasteiger partial charge >= 0.3 is 0 Å². The molecule has 0 radical (unpaired) electrons. The third-order valence-electron chi connectivity index (χ3n) is 1.96. The molecule has 1 fully saturated rings. The van der Waals surface area contributed by atoms with Crippen molar-refractivity contribution >= 4 is 5.78 Å². The summed E-state index contributed by atoms with van der Waals surface area (Å²) in [5.41, 5.74) is 0. The average Bonchev–Trinajstić information content (AvgIpc) is 1.59. The summed E-state index contributed by atoms with van der Waals surface area (Å²) >= 11 is 0. The summed E-state index contributed by atoms with van der Waals surface area (Å²) in [5, 5.41) is 0. The van der Waals surface area contributed by atoms with Crippen LogP contribution in [0, 0.1) is 11.8 Å². The van der Waals surface area contributed by atoms with Crippen molar-refractivity contribution < 1.29 is 4.79 Å². The Kier molecular flexibility index (Phi) is 1.89. The zero-order valence-electron chi connectivity index (χ0n) is 6.18. The number of hydrogen-bond donors (Lipinski definition) is 0. The molecule has 0 aliphatic heterocycles. The fourth-order valence-corrected chi connectivity index (χ4v) is 1.71. The standard InChI is InChI=1S/C8H14O/c1-6-3-7(2)5-8(9)4-6/h6-7H,3-5H2,1-2H3/t6-,7?/m0/s1. The van der Waals surface area contributed by atoms with Crippen molar-refractivity contribution in [1.29, 1.82) is 0 Å². The topological polar surface area (TPSA) is 17.1 Å². The molecule has 0 N–H and O–H groups in total. The zero-order valence-corrected chi connectivity index (χ0v) is 6.18. The molecular weight excluding hydrogens is 112 g/mol. The van der Waals surface area contributed by atoms with Crippen LogP contribution in [0.1, 0.15) is 33.1 Å². The molecule has 9 heavy (non-hydrogen) atoms. The Labute approximate surface area is 56.4 Å². The van der Waals surface area contributed by atoms with E-state index in [4.69, 9.17) is 0 Å². The molecule has 0 amide bonds. The van der Waals surface area contributed by atoms with Gasteiger partial charge in [-0.25, -0.2) is 0 Å². The first kappa shape index (κ1) is 6.79. The maximum atomic E-state index is 10.9. The lowest BCUT2D eigenvalue weighted by Gasteiger charge is -2.21. The predicted octanol–water partition coefficient (Wildman–Crippen LogP) is 2.01. The van der Waals surface area contributed by atoms with Gasteiger partial charge in [0.05, 0.1) is 0 Å². The van der Waals surface area contributed by atoms with E-state index in [0.29, 0.717) is 17.6 Å². The number of carbonyl (C=O) groups is 1. The van der Waals surface area contributed by atoms with Gasteiger partial charge in [0.2, 0.25) is 0 Å². The van der Waals surface area contributed by atoms with E-state index in [1.165, 1.54) is 6.42 Å². The highest BCUT2D eigenvalue weighted by atomic mass is 16.1. The molecule has 1 aliphatic rings. The number of carbonyl (C=O) groups excluding carboxylic acids is 1. The lowest BCUT2D eigenvalue weighted by molar-refractivity contribution is -0.122. The lowest BCUT2D eigenvalue weighted by Crippen LogP contribution is -2.18. The van der Waals surface area contributed by atoms with E-state index in [-0.39, 0.29) is 0 Å². The highest BCUT2D eigenvalue weighted by Gasteiger charge is 2.20. The van der Waals surface area contributed by atoms with Crippen molar-refractivity contribution in [2.45, 2.75) is 33.1 Å². The maximum absolute atomic E-state index is 10.9. The minimum atomic E-state index is 0.459. The lowest BCUT2D eigenvalue weighted by atomic mass is 9.83. The molecule has 1 unspecified atom stereocenters. The van der Waals surface area contributed by atoms with Crippen LogP contribution >= 0.6 is 0 Å². The molecule has 2 atom stereocenters. The largest absolute Gasteiger partial charge is 0.300 e. The highest BCUT2D eigenvalue weighted by Crippen LogP contribution is 2.25. The van der Waals surface area contributed by atoms with Gasteiger partial charge in [-0.1, -0.05) is 13.8 Å². The number of hydrogen-bond acceptors (Lipinski definition) is 1. The molecular formula is C8H14O. The van der Waals surface area contributed by atoms with Crippen LogP contribution in [0.15, 0.2) is 0 Å². The summed E-state index contributed by atoms with van der Waals surface area (Å²) < 4.78 is 0. The first-order valence-electron chi connectivity index (χ1n) is 3.70. The molecule has 0 bridgehead atoms. The Morgan fingerprint density at radius 3 is 2.00 bits per heavy atom. The fraction of sp³-hybridized carbons (Fsp3) is 0.875. The molecule has 52 valence electrons. The van der Waals surface area contributed by atoms with Gasteiger partial charge < -0.3 is 0 Å². The van der Waals surface area contributed by atoms with Gasteiger partial charge in [0.25, 0.3) is 0 Å². The zero-order chi connectivity index (χ0) is 6.85. The summed E-state index contributed by atoms with van der Waals surface area (Å²) in [6.45, 7) is 4.32. The minimum absolute atomic E-state index is 0.459. The Bertz CT molecular complexity index is 106. The Morgan fingerprint density at radius 2 is 1.67 bits per heavy atom. The van der Waals surface area contributed by atoms with E-state index in [1.807, 2.05) is 0 Å². The molecule has 1 heteroatoms. The average molecular weight is 126 g/mol. The third kappa shape index (κ3) is 1.81. The number of Topliss-reactive ketones (excluding diaryl/α,β-unsaturated/α-hetero) is 1. The van der Waals surface area contributed by atoms with Crippen LogP contribution in [0.5, 0.6) is 0 Å². The van der Waals surface area contributed by atoms with Crippen LogP contribution in [0.2, 0.25) is 0 Å². The molecule has 1 nitrogen and oxygen atoms in total. The van der Waals surface area contributed by atoms with Gasteiger partial charge in [0.15, 0.2) is 0 Å². The molecule has 1 rings (SSSR count). The van der Waals surface area contributed by atoms with Crippen molar-refractivity contribution in [2.24, 2.45) is 11.8 Å². The molecule has 0 saturated heterocycles. The van der Waals surface area contributed by atoms with E-state index in [1.54, 1.807) is 0 Å². The molecule has 0 heterocycles. The summed E-state index contributed by atoms with van der Waals surface area (Å²) in [6, 6.07) is 0. The highest BCUT2D eigenvalue weighted by molar-refractivity contribution is 5.79. The molecule has 0 aromatic rings. The first-order chi connectivity index (χ1) is 4.18. The Morgan fingerprint density at radius 1 is 1.22 bits per heavy atom. The fourth-order valence-electron chi connectivity index (χ4n) is 1.71. The summed E-state index contributed by atoms with van der Waals surface area (Å²) in [6.07, 6.45) is 2.89. The van der Waals surface area contributed by atoms with Gasteiger partial charge in [-0.05, 0) is 18.3 Å². The van der Waals surface area contributed by atoms with Gasteiger partial charge in [0, 0.05) is 12.8 Å². The normalized spacial score (nSPS) is 36.9. The van der Waals surface area contributed by atoms with E-state index in [0.717, 1.165) is 12.8 Å². The van der Waals surface area contributed by atoms with E-state index >= 15 is 0 Å². The second kappa shape index (κ2) is 2.51. The van der Waals surface area contributed by atoms with Crippen molar-refractivity contribution in [1.82, 2.24) is 0 Å². The smallest absolute Gasteiger partial charge is 0.133 e. The van der Waals surface area contributed by atoms with Crippen molar-refractivity contribution in [2.75, 3.05) is 0 Å². The van der Waals surface area contributed by atoms with Crippen LogP contribution in [0.3, 0.4) is 0 Å². The Balaban J connectivity index is 2.43. The maximum Gasteiger partial charge on any atom is 0.133 e. The third-order valence-corrected chi connectivity index (χ3v) is 1.96. The summed E-state index contributed by atoms with van der Waals surface area (Å²) in [5.74, 6) is 1.74. The monoisotopic (exact) mass is 126 g/mol. The Hall–Kier alpha value is -0.330. The van der Waals surface area contributed by atoms with Crippen molar-refractivity contribution in [3.8, 4) is 0 Å². The molecule has 1 aliphatic carbocycles. The van der Waals surface area contributed by atoms with Crippen molar-refractivity contribution in [3.63, 3.8) is 0 Å². The molecule has 0 aromatic heterocycles. The molecule has 0 aromatic carbocycles. The van der Waals surface area contributed by atoms with E-state index in [2.05, 4.69) is 13.8 Å². The second-order valence-corrected chi connectivity index (χ2v) is 3.39. The quantitative estimate of drug-likeness (QED) is 0.485. The minimum Gasteiger partial charge on any atom is -0.300 e. The van der Waals surface area contributed by atoms with Crippen LogP contribution in [0.4, 0.5) is 0 Å². The number of rotatable bonds is 0. The van der Waals surface area contributed by atoms with Crippen LogP contribution < -0.4 is 0 Å². The predicted molar refractivity (Wildman–Crippen MR) is 37.2 cm³/mol. The van der Waals surface area contributed by atoms with Gasteiger partial charge in [0.1, 0.15) is 5.78 Å². The molecule has 1 saturated carbocycles. The van der Waals surface area contributed by atoms with Gasteiger partial charge in [-0.15, -0.1) is 0 Å². The number of ketones is 1. The molecule has 0 spiro atoms. The van der Waals surface area contributed by atoms with Crippen LogP contribution in [-0.2, 0) is 4.79 Å². The SMILES string of the molecule is CC1CC(=O)C[C@@H](C)C1. The van der Waals surface area contributed by atoms with E-state index in [9.17, 15) is 4.79 Å². The summed E-state index contributed by atoms with van der Waals surface area (Å²) in [4.78, 5) is 10.9. The van der Waals surface area contributed by atoms with Crippen LogP contribution in [0.25, 0.3) is 0 Å². The first-order valence-corrected chi connectivity index (χ1v) is 3.70. The van der Waals surface area contributed by atoms with Crippen molar-refractivity contribution in [3.05, 3.63) is 0 Å². The summed E-state index contributed by atoms with van der Waals surface area (Å²) in [7, 11) is 0. The van der Waals surface area contributed by atoms with Gasteiger partial charge in [-0.3, -0.25) is 4.79 Å². The van der Waals surface area contributed by atoms with E-state index < -0.39 is 0 Å².